The molecule has 5 nitrogen and oxygen atoms in total. The van der Waals surface area contributed by atoms with Crippen LogP contribution in [-0.2, 0) is 6.54 Å². The second kappa shape index (κ2) is 5.62. The maximum atomic E-state index is 8.95. The lowest BCUT2D eigenvalue weighted by molar-refractivity contribution is 0.425. The Balaban J connectivity index is 2.07. The minimum absolute atomic E-state index is 0.284. The van der Waals surface area contributed by atoms with Crippen LogP contribution >= 0.6 is 0 Å². The van der Waals surface area contributed by atoms with Crippen molar-refractivity contribution in [3.8, 4) is 0 Å². The zero-order chi connectivity index (χ0) is 13.0. The molecule has 0 unspecified atom stereocenters. The van der Waals surface area contributed by atoms with Crippen LogP contribution in [0.2, 0.25) is 0 Å². The zero-order valence-corrected chi connectivity index (χ0v) is 10.1. The maximum absolute atomic E-state index is 8.95. The average Bonchev–Trinajstić information content (AvgIpc) is 2.40. The SMILES string of the molecule is CN(Cc1ccccc1)c1ncc(B(O)O)cn1. The summed E-state index contributed by atoms with van der Waals surface area (Å²) in [4.78, 5) is 10.1. The highest BCUT2D eigenvalue weighted by Gasteiger charge is 2.12. The Hall–Kier alpha value is -1.92. The molecule has 0 amide bonds. The fourth-order valence-corrected chi connectivity index (χ4v) is 1.59. The molecule has 18 heavy (non-hydrogen) atoms. The molecule has 0 fully saturated rings. The molecule has 1 aromatic carbocycles. The van der Waals surface area contributed by atoms with Gasteiger partial charge in [0.1, 0.15) is 0 Å². The predicted octanol–water partition coefficient (Wildman–Crippen LogP) is -0.207. The monoisotopic (exact) mass is 243 g/mol. The number of hydrogen-bond donors (Lipinski definition) is 2. The highest BCUT2D eigenvalue weighted by atomic mass is 16.4. The second-order valence-corrected chi connectivity index (χ2v) is 4.03. The number of anilines is 1. The fraction of sp³-hybridized carbons (Fsp3) is 0.167. The lowest BCUT2D eigenvalue weighted by Gasteiger charge is -2.16. The Bertz CT molecular complexity index is 490. The van der Waals surface area contributed by atoms with Crippen molar-refractivity contribution in [2.24, 2.45) is 0 Å². The van der Waals surface area contributed by atoms with E-state index in [0.717, 1.165) is 5.56 Å². The van der Waals surface area contributed by atoms with Crippen LogP contribution in [0.5, 0.6) is 0 Å². The van der Waals surface area contributed by atoms with Crippen molar-refractivity contribution in [2.75, 3.05) is 11.9 Å². The molecule has 1 aromatic heterocycles. The molecule has 0 aliphatic rings. The summed E-state index contributed by atoms with van der Waals surface area (Å²) < 4.78 is 0. The van der Waals surface area contributed by atoms with Gasteiger partial charge in [0.05, 0.1) is 0 Å². The van der Waals surface area contributed by atoms with Gasteiger partial charge >= 0.3 is 7.12 Å². The first-order valence-electron chi connectivity index (χ1n) is 5.60. The first-order valence-corrected chi connectivity index (χ1v) is 5.60. The topological polar surface area (TPSA) is 69.5 Å². The highest BCUT2D eigenvalue weighted by Crippen LogP contribution is 2.08. The van der Waals surface area contributed by atoms with Gasteiger partial charge in [-0.25, -0.2) is 9.97 Å². The summed E-state index contributed by atoms with van der Waals surface area (Å²) in [5.41, 5.74) is 1.45. The van der Waals surface area contributed by atoms with Crippen molar-refractivity contribution in [1.29, 1.82) is 0 Å². The molecule has 2 N–H and O–H groups in total. The summed E-state index contributed by atoms with van der Waals surface area (Å²) in [5, 5.41) is 17.9. The van der Waals surface area contributed by atoms with Gasteiger partial charge in [-0.2, -0.15) is 0 Å². The molecule has 0 aliphatic heterocycles. The van der Waals surface area contributed by atoms with Crippen LogP contribution in [-0.4, -0.2) is 34.2 Å². The lowest BCUT2D eigenvalue weighted by Crippen LogP contribution is -2.31. The molecular weight excluding hydrogens is 229 g/mol. The lowest BCUT2D eigenvalue weighted by atomic mass is 9.83. The number of aromatic nitrogens is 2. The van der Waals surface area contributed by atoms with E-state index in [4.69, 9.17) is 10.0 Å². The third kappa shape index (κ3) is 3.06. The van der Waals surface area contributed by atoms with Gasteiger partial charge in [-0.1, -0.05) is 30.3 Å². The van der Waals surface area contributed by atoms with E-state index in [2.05, 4.69) is 9.97 Å². The summed E-state index contributed by atoms with van der Waals surface area (Å²) in [5.74, 6) is 0.545. The molecule has 0 aliphatic carbocycles. The number of nitrogens with zero attached hydrogens (tertiary/aromatic N) is 3. The van der Waals surface area contributed by atoms with E-state index in [1.165, 1.54) is 12.4 Å². The standard InChI is InChI=1S/C12H14BN3O2/c1-16(9-10-5-3-2-4-6-10)12-14-7-11(8-15-12)13(17)18/h2-8,17-18H,9H2,1H3. The van der Waals surface area contributed by atoms with Crippen LogP contribution in [0, 0.1) is 0 Å². The summed E-state index contributed by atoms with van der Waals surface area (Å²) in [7, 11) is 0.357. The molecule has 0 spiro atoms. The van der Waals surface area contributed by atoms with Gasteiger partial charge in [0.2, 0.25) is 5.95 Å². The van der Waals surface area contributed by atoms with Crippen molar-refractivity contribution < 1.29 is 10.0 Å². The first kappa shape index (κ1) is 12.5. The number of hydrogen-bond acceptors (Lipinski definition) is 5. The third-order valence-electron chi connectivity index (χ3n) is 2.56. The van der Waals surface area contributed by atoms with Crippen molar-refractivity contribution >= 4 is 18.5 Å². The van der Waals surface area contributed by atoms with Crippen molar-refractivity contribution in [1.82, 2.24) is 9.97 Å². The minimum Gasteiger partial charge on any atom is -0.423 e. The number of rotatable bonds is 4. The molecule has 1 heterocycles. The Kier molecular flexibility index (Phi) is 3.91. The van der Waals surface area contributed by atoms with E-state index in [1.807, 2.05) is 42.3 Å². The molecule has 0 bridgehead atoms. The zero-order valence-electron chi connectivity index (χ0n) is 10.1. The molecular formula is C12H14BN3O2. The van der Waals surface area contributed by atoms with Crippen LogP contribution in [0.25, 0.3) is 0 Å². The molecule has 92 valence electrons. The van der Waals surface area contributed by atoms with Crippen molar-refractivity contribution in [2.45, 2.75) is 6.54 Å². The Labute approximate surface area is 106 Å². The molecule has 0 saturated heterocycles. The molecule has 0 atom stereocenters. The van der Waals surface area contributed by atoms with Crippen molar-refractivity contribution in [3.63, 3.8) is 0 Å². The average molecular weight is 243 g/mol. The first-order chi connectivity index (χ1) is 8.66. The van der Waals surface area contributed by atoms with Crippen LogP contribution in [0.1, 0.15) is 5.56 Å². The predicted molar refractivity (Wildman–Crippen MR) is 70.4 cm³/mol. The van der Waals surface area contributed by atoms with Crippen LogP contribution in [0.3, 0.4) is 0 Å². The van der Waals surface area contributed by atoms with E-state index in [-0.39, 0.29) is 5.46 Å². The van der Waals surface area contributed by atoms with Gasteiger partial charge in [0.15, 0.2) is 0 Å². The van der Waals surface area contributed by atoms with Gasteiger partial charge < -0.3 is 14.9 Å². The van der Waals surface area contributed by atoms with Crippen LogP contribution < -0.4 is 10.4 Å². The largest absolute Gasteiger partial charge is 0.491 e. The van der Waals surface area contributed by atoms with Gasteiger partial charge in [0, 0.05) is 31.4 Å². The summed E-state index contributed by atoms with van der Waals surface area (Å²) in [6, 6.07) is 9.99. The van der Waals surface area contributed by atoms with E-state index >= 15 is 0 Å². The normalized spacial score (nSPS) is 10.2. The van der Waals surface area contributed by atoms with E-state index in [1.54, 1.807) is 0 Å². The summed E-state index contributed by atoms with van der Waals surface area (Å²) >= 11 is 0. The minimum atomic E-state index is -1.53. The fourth-order valence-electron chi connectivity index (χ4n) is 1.59. The van der Waals surface area contributed by atoms with Gasteiger partial charge in [-0.15, -0.1) is 0 Å². The van der Waals surface area contributed by atoms with Gasteiger partial charge in [-0.3, -0.25) is 0 Å². The molecule has 0 saturated carbocycles. The molecule has 2 aromatic rings. The summed E-state index contributed by atoms with van der Waals surface area (Å²) in [6.45, 7) is 0.696. The quantitative estimate of drug-likeness (QED) is 0.727. The van der Waals surface area contributed by atoms with Crippen LogP contribution in [0.4, 0.5) is 5.95 Å². The van der Waals surface area contributed by atoms with Gasteiger partial charge in [-0.05, 0) is 5.56 Å². The van der Waals surface area contributed by atoms with E-state index < -0.39 is 7.12 Å². The second-order valence-electron chi connectivity index (χ2n) is 4.03. The molecule has 0 radical (unpaired) electrons. The molecule has 6 heteroatoms. The third-order valence-corrected chi connectivity index (χ3v) is 2.56. The van der Waals surface area contributed by atoms with Gasteiger partial charge in [0.25, 0.3) is 0 Å². The number of benzene rings is 1. The van der Waals surface area contributed by atoms with E-state index in [9.17, 15) is 0 Å². The Morgan fingerprint density at radius 1 is 1.11 bits per heavy atom. The smallest absolute Gasteiger partial charge is 0.423 e. The van der Waals surface area contributed by atoms with Crippen LogP contribution in [0.15, 0.2) is 42.7 Å². The Morgan fingerprint density at radius 3 is 2.28 bits per heavy atom. The maximum Gasteiger partial charge on any atom is 0.491 e. The highest BCUT2D eigenvalue weighted by molar-refractivity contribution is 6.58. The van der Waals surface area contributed by atoms with E-state index in [0.29, 0.717) is 12.5 Å². The Morgan fingerprint density at radius 2 is 1.72 bits per heavy atom. The summed E-state index contributed by atoms with van der Waals surface area (Å²) in [6.07, 6.45) is 2.82. The van der Waals surface area contributed by atoms with Crippen molar-refractivity contribution in [3.05, 3.63) is 48.3 Å². The molecule has 2 rings (SSSR count).